The van der Waals surface area contributed by atoms with E-state index in [2.05, 4.69) is 48.0 Å². The van der Waals surface area contributed by atoms with Crippen molar-refractivity contribution in [3.63, 3.8) is 0 Å². The quantitative estimate of drug-likeness (QED) is 0.0603. The number of benzene rings is 3. The smallest absolute Gasteiger partial charge is 0.199 e. The Labute approximate surface area is 861 Å². The van der Waals surface area contributed by atoms with E-state index in [9.17, 15) is 0 Å². The fourth-order valence-corrected chi connectivity index (χ4v) is 11.7. The molecule has 0 amide bonds. The van der Waals surface area contributed by atoms with Crippen LogP contribution in [0, 0.1) is 226 Å². The zero-order valence-electron chi connectivity index (χ0n) is 68.6. The van der Waals surface area contributed by atoms with Crippen molar-refractivity contribution in [2.24, 2.45) is 10.2 Å². The van der Waals surface area contributed by atoms with Crippen molar-refractivity contribution in [2.75, 3.05) is 129 Å². The van der Waals surface area contributed by atoms with Crippen molar-refractivity contribution in [2.45, 2.75) is 262 Å². The maximum atomic E-state index is 8.26. The number of azide groups is 2. The average molecular weight is 1790 g/mol. The summed E-state index contributed by atoms with van der Waals surface area (Å²) in [6, 6.07) is 21.9. The Balaban J connectivity index is -0.000000384. The fraction of sp³-hybridized carbons (Fsp3) is 0.769. The van der Waals surface area contributed by atoms with Crippen LogP contribution in [0.25, 0.3) is 26.0 Å². The van der Waals surface area contributed by atoms with Gasteiger partial charge in [-0.15, -0.1) is 14.9 Å². The van der Waals surface area contributed by atoms with Crippen molar-refractivity contribution in [3.8, 4) is 17.2 Å². The zero-order valence-corrected chi connectivity index (χ0v) is 75.1. The largest absolute Gasteiger partial charge is 0.526 e. The summed E-state index contributed by atoms with van der Waals surface area (Å²) in [4.78, 5) is 5.42. The summed E-state index contributed by atoms with van der Waals surface area (Å²) in [5.74, 6) is 2.35. The van der Waals surface area contributed by atoms with Gasteiger partial charge in [-0.05, 0) is 252 Å². The van der Waals surface area contributed by atoms with Gasteiger partial charge >= 0.3 is 0 Å². The van der Waals surface area contributed by atoms with Gasteiger partial charge in [0, 0.05) is 370 Å². The number of aliphatic hydroxyl groups excluding tert-OH is 1. The Hall–Kier alpha value is 3.22. The van der Waals surface area contributed by atoms with E-state index in [-0.39, 0.29) is 292 Å². The number of ether oxygens (including phenoxy) is 19. The SMILES string of the molecule is CO.CO[C@H]1CCCCO1.CO[C@H]1CCCCO1.CO[C@H]1CCCCO1.CO[C@H]1CCCCO1.CO[C@H]1CCCCO1.CO[C@H]1CCCCO1.CP.C[C@H]1CCCCO1.C[PH2+][N-]c1ccc(O[C@H]2CCCCO2)cc1.[Ar].[Ar].[Ar].[Ar].[Ar].[Ar].[N-]=[N+]=Nc1ccc(O[C@H]2CCCCO2)cc1.[N-]=[N+]=Nc1ccc(O[C@H]2CCCCO2)cc1. The maximum Gasteiger partial charge on any atom is 0.199 e. The Kier molecular flexibility index (Phi) is 101. The number of hydrogen-bond donors (Lipinski definition) is 1. The average Bonchev–Trinajstić information content (AvgIpc) is 0.898. The molecule has 10 heterocycles. The number of hydrogen-bond acceptors (Lipinski definition) is 22. The van der Waals surface area contributed by atoms with Crippen molar-refractivity contribution in [3.05, 3.63) is 98.8 Å². The van der Waals surface area contributed by atoms with Gasteiger partial charge in [0.25, 0.3) is 0 Å². The minimum absolute atomic E-state index is 0. The minimum atomic E-state index is -0.140. The van der Waals surface area contributed by atoms with Gasteiger partial charge in [0.2, 0.25) is 0 Å². The van der Waals surface area contributed by atoms with Crippen LogP contribution in [0.3, 0.4) is 0 Å². The molecular weight excluding hydrogens is 1660 g/mol. The van der Waals surface area contributed by atoms with Crippen molar-refractivity contribution < 1.29 is 322 Å². The number of aliphatic hydroxyl groups is 1. The monoisotopic (exact) mass is 1790 g/mol. The van der Waals surface area contributed by atoms with Crippen LogP contribution in [-0.4, -0.2) is 197 Å². The fourth-order valence-electron chi connectivity index (χ4n) is 11.2. The molecule has 3 aromatic rings. The third-order valence-corrected chi connectivity index (χ3v) is 17.7. The molecule has 113 heavy (non-hydrogen) atoms. The summed E-state index contributed by atoms with van der Waals surface area (Å²) in [5, 5.41) is 18.4. The summed E-state index contributed by atoms with van der Waals surface area (Å²) in [6.07, 6.45) is 35.3. The Morgan fingerprint density at radius 2 is 0.522 bits per heavy atom. The molecule has 0 aromatic heterocycles. The van der Waals surface area contributed by atoms with E-state index < -0.39 is 0 Å². The predicted octanol–water partition coefficient (Wildman–Crippen LogP) is 19.3. The molecule has 27 nitrogen and oxygen atoms in total. The minimum Gasteiger partial charge on any atom is -0.526 e. The third-order valence-electron chi connectivity index (χ3n) is 17.1. The summed E-state index contributed by atoms with van der Waals surface area (Å²) < 4.78 is 99.7. The zero-order chi connectivity index (χ0) is 77.7. The number of rotatable bonds is 16. The van der Waals surface area contributed by atoms with Gasteiger partial charge in [0.1, 0.15) is 17.2 Å². The molecule has 0 saturated carbocycles. The van der Waals surface area contributed by atoms with E-state index in [0.29, 0.717) is 17.5 Å². The molecule has 10 aliphatic heterocycles. The predicted molar refractivity (Wildman–Crippen MR) is 425 cm³/mol. The first kappa shape index (κ1) is 125. The van der Waals surface area contributed by atoms with Crippen LogP contribution < -0.4 is 14.2 Å². The molecule has 10 saturated heterocycles. The van der Waals surface area contributed by atoms with Crippen molar-refractivity contribution >= 4 is 35.0 Å². The molecule has 0 radical (unpaired) electrons. The van der Waals surface area contributed by atoms with E-state index in [4.69, 9.17) is 106 Å². The first-order chi connectivity index (χ1) is 52.6. The molecule has 10 aliphatic rings. The van der Waals surface area contributed by atoms with Crippen LogP contribution in [0.15, 0.2) is 83.0 Å². The molecule has 35 heteroatoms. The van der Waals surface area contributed by atoms with Gasteiger partial charge in [-0.1, -0.05) is 37.8 Å². The van der Waals surface area contributed by atoms with Crippen LogP contribution >= 0.6 is 18.0 Å². The molecule has 2 unspecified atom stereocenters. The second-order valence-corrected chi connectivity index (χ2v) is 26.1. The van der Waals surface area contributed by atoms with Gasteiger partial charge in [-0.2, -0.15) is 0 Å². The van der Waals surface area contributed by atoms with E-state index in [0.717, 1.165) is 186 Å². The summed E-state index contributed by atoms with van der Waals surface area (Å²) in [5.41, 5.74) is 18.7. The Bertz CT molecular complexity index is 2320. The molecular formula is C78H137Ar6N7O20P2. The molecule has 0 aliphatic carbocycles. The van der Waals surface area contributed by atoms with Crippen LogP contribution in [-0.2, 0) is 75.8 Å². The second kappa shape index (κ2) is 91.4. The van der Waals surface area contributed by atoms with Crippen LogP contribution in [0.1, 0.15) is 200 Å². The Morgan fingerprint density at radius 3 is 0.664 bits per heavy atom. The van der Waals surface area contributed by atoms with Crippen LogP contribution in [0.5, 0.6) is 17.2 Å². The van der Waals surface area contributed by atoms with Crippen LogP contribution in [0.2, 0.25) is 0 Å². The molecule has 12 atom stereocenters. The molecule has 0 bridgehead atoms. The first-order valence-electron chi connectivity index (χ1n) is 38.9. The standard InChI is InChI=1S/C12H18NO2P.2C11H13N3O2.6C6H12O2.C6H12O.CH4O.CH5P.6Ar/c1-16-13-10-5-7-11(8-6-10)15-12-4-2-3-9-14-12;2*12-14-13-9-4-6-10(7-5-9)16-11-3-1-2-8-15-11;6*1-7-6-4-2-3-5-8-6;1-6-4-2-3-5-7-6;2*1-2;;;;;;/h5-8,12H,2-4,9,16H2,1H3;2*4-7,11H,1-3,8H2;6*6H,2-5H2,1H3;6H,2-5H2,1H3;2H,1H3;2H2,1H3;;;;;;/t12-;2*11-;7*6-;;;;;;;;/m0001111110......../s1. The van der Waals surface area contributed by atoms with E-state index in [1.54, 1.807) is 91.2 Å². The molecule has 13 rings (SSSR count). The molecule has 1 N–H and O–H groups in total. The van der Waals surface area contributed by atoms with Gasteiger partial charge in [-0.25, -0.2) is 0 Å². The number of nitrogens with zero attached hydrogens (tertiary/aromatic N) is 7. The van der Waals surface area contributed by atoms with E-state index in [1.165, 1.54) is 103 Å². The topological polar surface area (TPSA) is 307 Å². The molecule has 0 spiro atoms. The van der Waals surface area contributed by atoms with E-state index >= 15 is 0 Å². The van der Waals surface area contributed by atoms with E-state index in [1.807, 2.05) is 30.9 Å². The normalized spacial score (nSPS) is 23.7. The van der Waals surface area contributed by atoms with Gasteiger partial charge in [-0.3, -0.25) is 0 Å². The Morgan fingerprint density at radius 1 is 0.327 bits per heavy atom. The number of methoxy groups -OCH3 is 6. The third kappa shape index (κ3) is 69.1. The molecule has 3 aromatic carbocycles. The van der Waals surface area contributed by atoms with Crippen molar-refractivity contribution in [1.82, 2.24) is 0 Å². The van der Waals surface area contributed by atoms with Crippen molar-refractivity contribution in [1.29, 1.82) is 0 Å². The summed E-state index contributed by atoms with van der Waals surface area (Å²) in [6.45, 7) is 14.7. The van der Waals surface area contributed by atoms with Gasteiger partial charge < -0.3 is 100 Å². The first-order valence-corrected chi connectivity index (χ1v) is 41.7. The van der Waals surface area contributed by atoms with Crippen LogP contribution in [0.4, 0.5) is 17.1 Å². The summed E-state index contributed by atoms with van der Waals surface area (Å²) >= 11 is 0. The second-order valence-electron chi connectivity index (χ2n) is 25.4. The molecule has 10 fully saturated rings. The van der Waals surface area contributed by atoms with Gasteiger partial charge in [0.15, 0.2) is 56.6 Å². The maximum absolute atomic E-state index is 8.26. The van der Waals surface area contributed by atoms with Gasteiger partial charge in [0.05, 0.1) is 25.9 Å². The summed E-state index contributed by atoms with van der Waals surface area (Å²) in [7, 11) is 13.7. The molecule has 662 valence electrons.